The van der Waals surface area contributed by atoms with Crippen LogP contribution >= 0.6 is 0 Å². The lowest BCUT2D eigenvalue weighted by Gasteiger charge is -2.26. The number of anilines is 2. The molecule has 0 aliphatic rings. The van der Waals surface area contributed by atoms with Crippen LogP contribution in [0.2, 0.25) is 0 Å². The quantitative estimate of drug-likeness (QED) is 0.572. The van der Waals surface area contributed by atoms with Crippen LogP contribution in [0.5, 0.6) is 5.75 Å². The van der Waals surface area contributed by atoms with Crippen molar-refractivity contribution in [1.82, 2.24) is 5.32 Å². The summed E-state index contributed by atoms with van der Waals surface area (Å²) < 4.78 is 47.0. The maximum Gasteiger partial charge on any atom is 0.573 e. The summed E-state index contributed by atoms with van der Waals surface area (Å²) in [6.07, 6.45) is -4.94. The molecular weight excluding hydrogens is 455 g/mol. The van der Waals surface area contributed by atoms with Crippen LogP contribution in [-0.2, 0) is 14.3 Å². The molecular formula is C23H26F3N3O5. The van der Waals surface area contributed by atoms with E-state index < -0.39 is 48.7 Å². The van der Waals surface area contributed by atoms with E-state index in [4.69, 9.17) is 4.74 Å². The number of aryl methyl sites for hydroxylation is 1. The van der Waals surface area contributed by atoms with Crippen molar-refractivity contribution in [2.45, 2.75) is 39.7 Å². The molecule has 0 unspecified atom stereocenters. The summed E-state index contributed by atoms with van der Waals surface area (Å²) in [6, 6.07) is 10.9. The minimum absolute atomic E-state index is 0.0431. The monoisotopic (exact) mass is 481 g/mol. The van der Waals surface area contributed by atoms with Gasteiger partial charge in [0.05, 0.1) is 6.54 Å². The number of halogens is 3. The van der Waals surface area contributed by atoms with Gasteiger partial charge in [-0.25, -0.2) is 4.79 Å². The van der Waals surface area contributed by atoms with Gasteiger partial charge in [-0.2, -0.15) is 0 Å². The fourth-order valence-electron chi connectivity index (χ4n) is 2.82. The van der Waals surface area contributed by atoms with Gasteiger partial charge >= 0.3 is 18.4 Å². The van der Waals surface area contributed by atoms with Crippen molar-refractivity contribution in [3.63, 3.8) is 0 Å². The smallest absolute Gasteiger partial charge is 0.459 e. The van der Waals surface area contributed by atoms with Gasteiger partial charge in [-0.15, -0.1) is 13.2 Å². The van der Waals surface area contributed by atoms with Gasteiger partial charge in [-0.05, 0) is 57.5 Å². The van der Waals surface area contributed by atoms with Crippen molar-refractivity contribution >= 4 is 29.3 Å². The molecule has 0 fully saturated rings. The van der Waals surface area contributed by atoms with E-state index in [9.17, 15) is 27.6 Å². The number of hydrogen-bond acceptors (Lipinski definition) is 5. The Labute approximate surface area is 195 Å². The van der Waals surface area contributed by atoms with Crippen LogP contribution in [0.4, 0.5) is 29.3 Å². The van der Waals surface area contributed by atoms with Crippen molar-refractivity contribution in [1.29, 1.82) is 0 Å². The summed E-state index contributed by atoms with van der Waals surface area (Å²) in [7, 11) is 0. The molecule has 11 heteroatoms. The van der Waals surface area contributed by atoms with E-state index in [-0.39, 0.29) is 5.69 Å². The third-order valence-corrected chi connectivity index (χ3v) is 4.05. The van der Waals surface area contributed by atoms with Gasteiger partial charge in [0.1, 0.15) is 17.9 Å². The average molecular weight is 481 g/mol. The molecule has 0 spiro atoms. The fraction of sp³-hybridized carbons (Fsp3) is 0.348. The van der Waals surface area contributed by atoms with Gasteiger partial charge in [0.15, 0.2) is 0 Å². The number of rotatable bonds is 7. The third-order valence-electron chi connectivity index (χ3n) is 4.05. The topological polar surface area (TPSA) is 97.0 Å². The number of nitrogens with zero attached hydrogens (tertiary/aromatic N) is 1. The minimum Gasteiger partial charge on any atom is -0.459 e. The van der Waals surface area contributed by atoms with Crippen LogP contribution in [0.15, 0.2) is 48.5 Å². The largest absolute Gasteiger partial charge is 0.573 e. The molecule has 2 aromatic rings. The van der Waals surface area contributed by atoms with E-state index in [0.717, 1.165) is 22.6 Å². The zero-order chi connectivity index (χ0) is 25.5. The Balaban J connectivity index is 2.16. The number of ether oxygens (including phenoxy) is 2. The zero-order valence-electron chi connectivity index (χ0n) is 19.2. The number of alkyl halides is 3. The molecule has 0 heterocycles. The van der Waals surface area contributed by atoms with Gasteiger partial charge in [-0.3, -0.25) is 14.5 Å². The lowest BCUT2D eigenvalue weighted by Crippen LogP contribution is -2.45. The molecule has 2 aromatic carbocycles. The zero-order valence-corrected chi connectivity index (χ0v) is 19.2. The first-order chi connectivity index (χ1) is 15.7. The molecule has 184 valence electrons. The summed E-state index contributed by atoms with van der Waals surface area (Å²) in [6.45, 7) is 5.61. The number of carbonyl (C=O) groups is 3. The third kappa shape index (κ3) is 9.39. The highest BCUT2D eigenvalue weighted by atomic mass is 19.4. The lowest BCUT2D eigenvalue weighted by molar-refractivity contribution is -0.274. The van der Waals surface area contributed by atoms with Gasteiger partial charge in [-0.1, -0.05) is 18.2 Å². The molecule has 8 nitrogen and oxygen atoms in total. The molecule has 0 atom stereocenters. The molecule has 0 aliphatic heterocycles. The fourth-order valence-corrected chi connectivity index (χ4v) is 2.82. The maximum absolute atomic E-state index is 12.9. The molecule has 2 rings (SSSR count). The lowest BCUT2D eigenvalue weighted by atomic mass is 10.2. The van der Waals surface area contributed by atoms with Crippen molar-refractivity contribution in [2.24, 2.45) is 0 Å². The van der Waals surface area contributed by atoms with Gasteiger partial charge < -0.3 is 20.1 Å². The first-order valence-corrected chi connectivity index (χ1v) is 10.2. The Bertz CT molecular complexity index is 1030. The number of amides is 3. The Morgan fingerprint density at radius 1 is 1.00 bits per heavy atom. The Morgan fingerprint density at radius 2 is 1.68 bits per heavy atom. The summed E-state index contributed by atoms with van der Waals surface area (Å²) in [4.78, 5) is 38.3. The number of benzene rings is 2. The second kappa shape index (κ2) is 10.9. The van der Waals surface area contributed by atoms with Crippen LogP contribution in [0, 0.1) is 6.92 Å². The molecule has 0 aliphatic carbocycles. The SMILES string of the molecule is Cc1cccc(NC(=O)NCC(=O)N(CC(=O)OC(C)(C)C)c2cccc(OC(F)(F)F)c2)c1. The predicted octanol–water partition coefficient (Wildman–Crippen LogP) is 4.39. The van der Waals surface area contributed by atoms with Gasteiger partial charge in [0.2, 0.25) is 5.91 Å². The van der Waals surface area contributed by atoms with Crippen LogP contribution in [0.3, 0.4) is 0 Å². The van der Waals surface area contributed by atoms with Crippen molar-refractivity contribution in [3.05, 3.63) is 54.1 Å². The Kier molecular flexibility index (Phi) is 8.50. The summed E-state index contributed by atoms with van der Waals surface area (Å²) >= 11 is 0. The highest BCUT2D eigenvalue weighted by Crippen LogP contribution is 2.27. The van der Waals surface area contributed by atoms with Crippen LogP contribution < -0.4 is 20.3 Å². The van der Waals surface area contributed by atoms with E-state index in [2.05, 4.69) is 15.4 Å². The van der Waals surface area contributed by atoms with E-state index in [1.165, 1.54) is 12.1 Å². The predicted molar refractivity (Wildman–Crippen MR) is 120 cm³/mol. The van der Waals surface area contributed by atoms with Gasteiger partial charge in [0.25, 0.3) is 0 Å². The van der Waals surface area contributed by atoms with Crippen molar-refractivity contribution in [2.75, 3.05) is 23.3 Å². The van der Waals surface area contributed by atoms with E-state index in [1.54, 1.807) is 39.0 Å². The van der Waals surface area contributed by atoms with Crippen LogP contribution in [0.1, 0.15) is 26.3 Å². The number of hydrogen-bond donors (Lipinski definition) is 2. The van der Waals surface area contributed by atoms with Crippen molar-refractivity contribution in [3.8, 4) is 5.75 Å². The van der Waals surface area contributed by atoms with Crippen LogP contribution in [0.25, 0.3) is 0 Å². The van der Waals surface area contributed by atoms with Gasteiger partial charge in [0, 0.05) is 17.4 Å². The van der Waals surface area contributed by atoms with Crippen molar-refractivity contribution < 1.29 is 37.0 Å². The number of carbonyl (C=O) groups excluding carboxylic acids is 3. The molecule has 3 amide bonds. The van der Waals surface area contributed by atoms with E-state index >= 15 is 0 Å². The summed E-state index contributed by atoms with van der Waals surface area (Å²) in [5.74, 6) is -2.11. The summed E-state index contributed by atoms with van der Waals surface area (Å²) in [5.41, 5.74) is 0.531. The molecule has 0 saturated heterocycles. The second-order valence-electron chi connectivity index (χ2n) is 8.29. The summed E-state index contributed by atoms with van der Waals surface area (Å²) in [5, 5.41) is 4.94. The molecule has 34 heavy (non-hydrogen) atoms. The van der Waals surface area contributed by atoms with Crippen LogP contribution in [-0.4, -0.2) is 43.0 Å². The molecule has 0 aromatic heterocycles. The molecule has 0 radical (unpaired) electrons. The highest BCUT2D eigenvalue weighted by molar-refractivity contribution is 6.01. The minimum atomic E-state index is -4.94. The Morgan fingerprint density at radius 3 is 2.29 bits per heavy atom. The second-order valence-corrected chi connectivity index (χ2v) is 8.29. The number of nitrogens with one attached hydrogen (secondary N) is 2. The normalized spacial score (nSPS) is 11.4. The first kappa shape index (κ1) is 26.5. The Hall–Kier alpha value is -3.76. The maximum atomic E-state index is 12.9. The molecule has 0 saturated carbocycles. The average Bonchev–Trinajstić information content (AvgIpc) is 2.68. The molecule has 2 N–H and O–H groups in total. The molecule has 0 bridgehead atoms. The number of esters is 1. The highest BCUT2D eigenvalue weighted by Gasteiger charge is 2.31. The van der Waals surface area contributed by atoms with E-state index in [0.29, 0.717) is 5.69 Å². The standard InChI is InChI=1S/C23H26F3N3O5/c1-15-7-5-8-16(11-15)28-21(32)27-13-19(30)29(14-20(31)34-22(2,3)4)17-9-6-10-18(12-17)33-23(24,25)26/h5-12H,13-14H2,1-4H3,(H2,27,28,32). The number of urea groups is 1. The van der Waals surface area contributed by atoms with E-state index in [1.807, 2.05) is 13.0 Å². The first-order valence-electron chi connectivity index (χ1n) is 10.2.